The summed E-state index contributed by atoms with van der Waals surface area (Å²) in [6.45, 7) is 4.45. The molecule has 24 heavy (non-hydrogen) atoms. The molecule has 2 aromatic rings. The Morgan fingerprint density at radius 2 is 2.04 bits per heavy atom. The van der Waals surface area contributed by atoms with Gasteiger partial charge in [-0.3, -0.25) is 9.78 Å². The van der Waals surface area contributed by atoms with E-state index in [0.717, 1.165) is 12.2 Å². The van der Waals surface area contributed by atoms with Crippen molar-refractivity contribution in [3.8, 4) is 0 Å². The first-order chi connectivity index (χ1) is 11.7. The predicted molar refractivity (Wildman–Crippen MR) is 87.8 cm³/mol. The first-order valence-electron chi connectivity index (χ1n) is 8.09. The number of morpholine rings is 1. The number of likely N-dealkylation sites (tertiary alicyclic amines) is 1. The van der Waals surface area contributed by atoms with Crippen LogP contribution in [-0.2, 0) is 4.74 Å². The molecule has 2 saturated heterocycles. The highest BCUT2D eigenvalue weighted by Crippen LogP contribution is 2.26. The second-order valence-electron chi connectivity index (χ2n) is 6.12. The highest BCUT2D eigenvalue weighted by Gasteiger charge is 2.42. The average Bonchev–Trinajstić information content (AvgIpc) is 3.06. The molecule has 0 saturated carbocycles. The number of carbonyl (C=O) groups is 1. The molecular formula is C17H19N5O2. The molecule has 2 atom stereocenters. The monoisotopic (exact) mass is 325 g/mol. The number of fused-ring (bicyclic) bond motifs is 1. The Morgan fingerprint density at radius 1 is 1.21 bits per heavy atom. The molecule has 124 valence electrons. The van der Waals surface area contributed by atoms with E-state index in [0.29, 0.717) is 31.2 Å². The van der Waals surface area contributed by atoms with E-state index in [2.05, 4.69) is 19.9 Å². The van der Waals surface area contributed by atoms with Crippen LogP contribution in [0.2, 0.25) is 0 Å². The van der Waals surface area contributed by atoms with Gasteiger partial charge in [0.15, 0.2) is 0 Å². The van der Waals surface area contributed by atoms with Crippen LogP contribution in [0.5, 0.6) is 0 Å². The van der Waals surface area contributed by atoms with Crippen LogP contribution in [0.15, 0.2) is 36.8 Å². The number of pyridine rings is 1. The van der Waals surface area contributed by atoms with Crippen molar-refractivity contribution < 1.29 is 9.53 Å². The molecule has 0 unspecified atom stereocenters. The minimum Gasteiger partial charge on any atom is -0.372 e. The lowest BCUT2D eigenvalue weighted by Gasteiger charge is -2.36. The summed E-state index contributed by atoms with van der Waals surface area (Å²) in [7, 11) is 0. The number of hydrogen-bond donors (Lipinski definition) is 0. The molecule has 2 fully saturated rings. The lowest BCUT2D eigenvalue weighted by atomic mass is 10.1. The number of rotatable bonds is 2. The molecule has 0 bridgehead atoms. The van der Waals surface area contributed by atoms with E-state index in [9.17, 15) is 4.79 Å². The molecule has 0 spiro atoms. The molecule has 0 N–H and O–H groups in total. The van der Waals surface area contributed by atoms with E-state index in [1.165, 1.54) is 0 Å². The van der Waals surface area contributed by atoms with Crippen LogP contribution in [0, 0.1) is 6.92 Å². The molecular weight excluding hydrogens is 306 g/mol. The molecule has 0 radical (unpaired) electrons. The molecule has 1 amide bonds. The first-order valence-corrected chi connectivity index (χ1v) is 8.09. The highest BCUT2D eigenvalue weighted by molar-refractivity contribution is 5.94. The Labute approximate surface area is 140 Å². The largest absolute Gasteiger partial charge is 0.372 e. The summed E-state index contributed by atoms with van der Waals surface area (Å²) in [5.74, 6) is 0.691. The summed E-state index contributed by atoms with van der Waals surface area (Å²) in [6, 6.07) is 5.57. The van der Waals surface area contributed by atoms with Crippen LogP contribution in [-0.4, -0.2) is 64.1 Å². The minimum absolute atomic E-state index is 0.00516. The number of aromatic nitrogens is 3. The normalized spacial score (nSPS) is 23.2. The van der Waals surface area contributed by atoms with E-state index in [4.69, 9.17) is 4.74 Å². The van der Waals surface area contributed by atoms with Crippen LogP contribution in [0.25, 0.3) is 0 Å². The predicted octanol–water partition coefficient (Wildman–Crippen LogP) is 0.910. The SMILES string of the molecule is Cc1ccc(C(=O)N2C[C@@H]3OCCN(c4ncccn4)[C@@H]3C2)cn1. The zero-order valence-corrected chi connectivity index (χ0v) is 13.5. The Hall–Kier alpha value is -2.54. The van der Waals surface area contributed by atoms with Gasteiger partial charge in [0.05, 0.1) is 24.3 Å². The maximum absolute atomic E-state index is 12.7. The van der Waals surface area contributed by atoms with Crippen LogP contribution in [0.4, 0.5) is 5.95 Å². The van der Waals surface area contributed by atoms with Crippen molar-refractivity contribution in [3.05, 3.63) is 48.0 Å². The van der Waals surface area contributed by atoms with Gasteiger partial charge in [-0.1, -0.05) is 0 Å². The Balaban J connectivity index is 1.53. The number of nitrogens with zero attached hydrogens (tertiary/aromatic N) is 5. The summed E-state index contributed by atoms with van der Waals surface area (Å²) in [6.07, 6.45) is 5.11. The van der Waals surface area contributed by atoms with E-state index < -0.39 is 0 Å². The van der Waals surface area contributed by atoms with Gasteiger partial charge in [0.25, 0.3) is 5.91 Å². The molecule has 2 aromatic heterocycles. The third kappa shape index (κ3) is 2.71. The fraction of sp³-hybridized carbons (Fsp3) is 0.412. The third-order valence-corrected chi connectivity index (χ3v) is 4.56. The van der Waals surface area contributed by atoms with Gasteiger partial charge in [-0.05, 0) is 25.1 Å². The molecule has 7 nitrogen and oxygen atoms in total. The highest BCUT2D eigenvalue weighted by atomic mass is 16.5. The lowest BCUT2D eigenvalue weighted by molar-refractivity contribution is 0.0296. The smallest absolute Gasteiger partial charge is 0.255 e. The molecule has 0 aliphatic carbocycles. The zero-order chi connectivity index (χ0) is 16.5. The van der Waals surface area contributed by atoms with Gasteiger partial charge in [-0.25, -0.2) is 9.97 Å². The van der Waals surface area contributed by atoms with Gasteiger partial charge >= 0.3 is 0 Å². The van der Waals surface area contributed by atoms with E-state index in [1.54, 1.807) is 24.7 Å². The van der Waals surface area contributed by atoms with Gasteiger partial charge in [0, 0.05) is 43.9 Å². The first kappa shape index (κ1) is 15.0. The van der Waals surface area contributed by atoms with Crippen molar-refractivity contribution >= 4 is 11.9 Å². The Morgan fingerprint density at radius 3 is 2.79 bits per heavy atom. The van der Waals surface area contributed by atoms with Gasteiger partial charge in [0.2, 0.25) is 5.95 Å². The topological polar surface area (TPSA) is 71.5 Å². The number of amides is 1. The second kappa shape index (κ2) is 6.16. The molecule has 7 heteroatoms. The van der Waals surface area contributed by atoms with Gasteiger partial charge in [-0.15, -0.1) is 0 Å². The van der Waals surface area contributed by atoms with Crippen LogP contribution >= 0.6 is 0 Å². The number of aryl methyl sites for hydroxylation is 1. The number of hydrogen-bond acceptors (Lipinski definition) is 6. The van der Waals surface area contributed by atoms with Gasteiger partial charge in [0.1, 0.15) is 0 Å². The summed E-state index contributed by atoms with van der Waals surface area (Å²) in [5.41, 5.74) is 1.51. The Bertz CT molecular complexity index is 722. The fourth-order valence-electron chi connectivity index (χ4n) is 3.32. The summed E-state index contributed by atoms with van der Waals surface area (Å²) in [4.78, 5) is 29.6. The van der Waals surface area contributed by atoms with Crippen molar-refractivity contribution in [2.75, 3.05) is 31.1 Å². The molecule has 4 rings (SSSR count). The second-order valence-corrected chi connectivity index (χ2v) is 6.12. The van der Waals surface area contributed by atoms with Gasteiger partial charge < -0.3 is 14.5 Å². The maximum Gasteiger partial charge on any atom is 0.255 e. The van der Waals surface area contributed by atoms with Crippen LogP contribution in [0.3, 0.4) is 0 Å². The van der Waals surface area contributed by atoms with E-state index >= 15 is 0 Å². The van der Waals surface area contributed by atoms with E-state index in [1.807, 2.05) is 24.0 Å². The van der Waals surface area contributed by atoms with Crippen LogP contribution in [0.1, 0.15) is 16.1 Å². The zero-order valence-electron chi connectivity index (χ0n) is 13.5. The number of carbonyl (C=O) groups excluding carboxylic acids is 1. The lowest BCUT2D eigenvalue weighted by Crippen LogP contribution is -2.51. The fourth-order valence-corrected chi connectivity index (χ4v) is 3.32. The summed E-state index contributed by atoms with van der Waals surface area (Å²) in [5, 5.41) is 0. The molecule has 2 aliphatic rings. The van der Waals surface area contributed by atoms with Crippen molar-refractivity contribution in [3.63, 3.8) is 0 Å². The molecule has 4 heterocycles. The summed E-state index contributed by atoms with van der Waals surface area (Å²) >= 11 is 0. The van der Waals surface area contributed by atoms with Gasteiger partial charge in [-0.2, -0.15) is 0 Å². The molecule has 2 aliphatic heterocycles. The van der Waals surface area contributed by atoms with Crippen LogP contribution < -0.4 is 4.90 Å². The number of anilines is 1. The maximum atomic E-state index is 12.7. The molecule has 0 aromatic carbocycles. The van der Waals surface area contributed by atoms with Crippen molar-refractivity contribution in [1.82, 2.24) is 19.9 Å². The van der Waals surface area contributed by atoms with Crippen molar-refractivity contribution in [1.29, 1.82) is 0 Å². The summed E-state index contributed by atoms with van der Waals surface area (Å²) < 4.78 is 5.88. The van der Waals surface area contributed by atoms with Crippen molar-refractivity contribution in [2.45, 2.75) is 19.1 Å². The minimum atomic E-state index is -0.00934. The standard InChI is InChI=1S/C17H19N5O2/c1-12-3-4-13(9-20-12)16(23)21-10-14-15(11-21)24-8-7-22(14)17-18-5-2-6-19-17/h2-6,9,14-15H,7-8,10-11H2,1H3/t14-,15+/m1/s1. The third-order valence-electron chi connectivity index (χ3n) is 4.56. The van der Waals surface area contributed by atoms with E-state index in [-0.39, 0.29) is 18.1 Å². The Kier molecular flexibility index (Phi) is 3.86. The van der Waals surface area contributed by atoms with Crippen molar-refractivity contribution in [2.24, 2.45) is 0 Å². The quantitative estimate of drug-likeness (QED) is 0.817. The average molecular weight is 325 g/mol. The number of ether oxygens (including phenoxy) is 1.